The van der Waals surface area contributed by atoms with E-state index in [2.05, 4.69) is 0 Å². The topological polar surface area (TPSA) is 52.0 Å². The summed E-state index contributed by atoms with van der Waals surface area (Å²) in [6, 6.07) is 0. The van der Waals surface area contributed by atoms with Crippen LogP contribution in [-0.4, -0.2) is 6.54 Å². The summed E-state index contributed by atoms with van der Waals surface area (Å²) in [6.07, 6.45) is 0.819. The lowest BCUT2D eigenvalue weighted by Crippen LogP contribution is -2.01. The van der Waals surface area contributed by atoms with Crippen LogP contribution in [0.1, 0.15) is 6.42 Å². The van der Waals surface area contributed by atoms with Crippen molar-refractivity contribution in [1.29, 1.82) is 0 Å². The van der Waals surface area contributed by atoms with Crippen molar-refractivity contribution in [3.63, 3.8) is 0 Å². The standard InChI is InChI=1S/C3H9N2/c4-2-1-3-5/h2H,1,3-5H2. The molecular formula is C3H9N2. The van der Waals surface area contributed by atoms with Crippen LogP contribution in [0, 0.1) is 6.54 Å². The molecule has 1 radical (unpaired) electrons. The van der Waals surface area contributed by atoms with Crippen LogP contribution >= 0.6 is 0 Å². The molecule has 31 valence electrons. The molecule has 0 aromatic rings. The van der Waals surface area contributed by atoms with E-state index in [4.69, 9.17) is 11.5 Å². The van der Waals surface area contributed by atoms with Crippen molar-refractivity contribution in [3.8, 4) is 0 Å². The third kappa shape index (κ3) is 3.92. The van der Waals surface area contributed by atoms with Crippen LogP contribution in [0.4, 0.5) is 0 Å². The Balaban J connectivity index is 2.19. The van der Waals surface area contributed by atoms with Crippen molar-refractivity contribution < 1.29 is 0 Å². The van der Waals surface area contributed by atoms with Crippen molar-refractivity contribution in [2.45, 2.75) is 6.42 Å². The first-order valence-corrected chi connectivity index (χ1v) is 1.65. The monoisotopic (exact) mass is 73.1 g/mol. The van der Waals surface area contributed by atoms with Gasteiger partial charge in [0.25, 0.3) is 0 Å². The SMILES string of the molecule is N[CH]CCN. The lowest BCUT2D eigenvalue weighted by Gasteiger charge is -1.80. The van der Waals surface area contributed by atoms with Gasteiger partial charge in [0.05, 0.1) is 0 Å². The number of hydrogen-bond donors (Lipinski definition) is 2. The van der Waals surface area contributed by atoms with E-state index in [1.807, 2.05) is 0 Å². The largest absolute Gasteiger partial charge is 0.330 e. The molecule has 5 heavy (non-hydrogen) atoms. The Kier molecular flexibility index (Phi) is 3.86. The van der Waals surface area contributed by atoms with Crippen molar-refractivity contribution in [2.24, 2.45) is 11.5 Å². The number of rotatable bonds is 2. The van der Waals surface area contributed by atoms with Gasteiger partial charge in [-0.05, 0) is 13.0 Å². The molecule has 0 aromatic heterocycles. The summed E-state index contributed by atoms with van der Waals surface area (Å²) in [5.41, 5.74) is 9.96. The van der Waals surface area contributed by atoms with Gasteiger partial charge < -0.3 is 11.5 Å². The predicted octanol–water partition coefficient (Wildman–Crippen LogP) is -0.544. The van der Waals surface area contributed by atoms with Gasteiger partial charge in [0.1, 0.15) is 0 Å². The van der Waals surface area contributed by atoms with Gasteiger partial charge in [-0.2, -0.15) is 0 Å². The summed E-state index contributed by atoms with van der Waals surface area (Å²) < 4.78 is 0. The highest BCUT2D eigenvalue weighted by atomic mass is 14.6. The lowest BCUT2D eigenvalue weighted by molar-refractivity contribution is 0.931. The first kappa shape index (κ1) is 4.92. The maximum atomic E-state index is 5.03. The van der Waals surface area contributed by atoms with Crippen molar-refractivity contribution in [1.82, 2.24) is 0 Å². The van der Waals surface area contributed by atoms with Crippen molar-refractivity contribution >= 4 is 0 Å². The Morgan fingerprint density at radius 2 is 2.20 bits per heavy atom. The molecule has 0 saturated heterocycles. The highest BCUT2D eigenvalue weighted by molar-refractivity contribution is 4.50. The molecule has 0 aliphatic heterocycles. The van der Waals surface area contributed by atoms with Crippen LogP contribution in [0.3, 0.4) is 0 Å². The van der Waals surface area contributed by atoms with Crippen molar-refractivity contribution in [2.75, 3.05) is 6.54 Å². The van der Waals surface area contributed by atoms with Gasteiger partial charge in [0.15, 0.2) is 0 Å². The van der Waals surface area contributed by atoms with E-state index in [0.717, 1.165) is 6.42 Å². The molecule has 0 unspecified atom stereocenters. The maximum absolute atomic E-state index is 5.03. The average Bonchev–Trinajstić information content (AvgIpc) is 1.41. The van der Waals surface area contributed by atoms with E-state index < -0.39 is 0 Å². The van der Waals surface area contributed by atoms with E-state index in [-0.39, 0.29) is 0 Å². The Hall–Kier alpha value is -0.0800. The lowest BCUT2D eigenvalue weighted by atomic mass is 10.4. The molecule has 0 bridgehead atoms. The summed E-state index contributed by atoms with van der Waals surface area (Å²) in [7, 11) is 0. The summed E-state index contributed by atoms with van der Waals surface area (Å²) in [5, 5.41) is 0. The van der Waals surface area contributed by atoms with E-state index in [0.29, 0.717) is 6.54 Å². The Labute approximate surface area is 32.1 Å². The predicted molar refractivity (Wildman–Crippen MR) is 22.2 cm³/mol. The first-order chi connectivity index (χ1) is 2.41. The molecule has 0 heterocycles. The molecule has 0 fully saturated rings. The highest BCUT2D eigenvalue weighted by Crippen LogP contribution is 1.65. The third-order valence-electron chi connectivity index (χ3n) is 0.333. The normalized spacial score (nSPS) is 8.40. The van der Waals surface area contributed by atoms with Gasteiger partial charge in [-0.15, -0.1) is 0 Å². The van der Waals surface area contributed by atoms with E-state index in [9.17, 15) is 0 Å². The number of hydrogen-bond acceptors (Lipinski definition) is 2. The molecule has 0 aliphatic rings. The molecule has 0 saturated carbocycles. The second-order valence-electron chi connectivity index (χ2n) is 0.813. The zero-order chi connectivity index (χ0) is 4.12. The van der Waals surface area contributed by atoms with E-state index in [1.165, 1.54) is 0 Å². The highest BCUT2D eigenvalue weighted by Gasteiger charge is 1.68. The van der Waals surface area contributed by atoms with Crippen molar-refractivity contribution in [3.05, 3.63) is 6.54 Å². The van der Waals surface area contributed by atoms with Gasteiger partial charge in [-0.1, -0.05) is 0 Å². The van der Waals surface area contributed by atoms with Crippen LogP contribution in [-0.2, 0) is 0 Å². The molecule has 4 N–H and O–H groups in total. The first-order valence-electron chi connectivity index (χ1n) is 1.65. The fraction of sp³-hybridized carbons (Fsp3) is 0.667. The molecule has 2 nitrogen and oxygen atoms in total. The zero-order valence-electron chi connectivity index (χ0n) is 3.15. The van der Waals surface area contributed by atoms with Gasteiger partial charge in [0.2, 0.25) is 0 Å². The summed E-state index contributed by atoms with van der Waals surface area (Å²) in [5.74, 6) is 0. The zero-order valence-corrected chi connectivity index (χ0v) is 3.15. The molecule has 0 rings (SSSR count). The molecule has 0 atom stereocenters. The van der Waals surface area contributed by atoms with E-state index in [1.54, 1.807) is 6.54 Å². The Morgan fingerprint density at radius 1 is 1.60 bits per heavy atom. The smallest absolute Gasteiger partial charge is 0.0204 e. The van der Waals surface area contributed by atoms with Crippen LogP contribution in [0.2, 0.25) is 0 Å². The second kappa shape index (κ2) is 3.92. The fourth-order valence-electron chi connectivity index (χ4n) is 0.0962. The second-order valence-corrected chi connectivity index (χ2v) is 0.813. The molecule has 0 aliphatic carbocycles. The van der Waals surface area contributed by atoms with Crippen LogP contribution in [0.25, 0.3) is 0 Å². The van der Waals surface area contributed by atoms with Crippen LogP contribution in [0.5, 0.6) is 0 Å². The molecule has 2 heteroatoms. The fourth-order valence-corrected chi connectivity index (χ4v) is 0.0962. The summed E-state index contributed by atoms with van der Waals surface area (Å²) in [6.45, 7) is 2.22. The van der Waals surface area contributed by atoms with Gasteiger partial charge in [0, 0.05) is 6.54 Å². The molecule has 0 spiro atoms. The quantitative estimate of drug-likeness (QED) is 0.461. The molecular weight excluding hydrogens is 64.0 g/mol. The van der Waals surface area contributed by atoms with Gasteiger partial charge in [-0.3, -0.25) is 0 Å². The van der Waals surface area contributed by atoms with E-state index >= 15 is 0 Å². The minimum absolute atomic E-state index is 0.663. The van der Waals surface area contributed by atoms with Gasteiger partial charge >= 0.3 is 0 Å². The van der Waals surface area contributed by atoms with Crippen LogP contribution in [0.15, 0.2) is 0 Å². The maximum Gasteiger partial charge on any atom is 0.0204 e. The minimum atomic E-state index is 0.663. The Morgan fingerprint density at radius 3 is 2.20 bits per heavy atom. The Bertz CT molecular complexity index is 12.4. The minimum Gasteiger partial charge on any atom is -0.330 e. The summed E-state index contributed by atoms with van der Waals surface area (Å²) >= 11 is 0. The molecule has 0 aromatic carbocycles. The third-order valence-corrected chi connectivity index (χ3v) is 0.333. The summed E-state index contributed by atoms with van der Waals surface area (Å²) in [4.78, 5) is 0. The number of nitrogens with two attached hydrogens (primary N) is 2. The van der Waals surface area contributed by atoms with Crippen LogP contribution < -0.4 is 11.5 Å². The van der Waals surface area contributed by atoms with Gasteiger partial charge in [-0.25, -0.2) is 0 Å². The molecule has 0 amide bonds. The average molecular weight is 73.1 g/mol.